The molecule has 0 aliphatic carbocycles. The molecule has 0 spiro atoms. The van der Waals surface area contributed by atoms with E-state index in [4.69, 9.17) is 15.7 Å². The largest absolute Gasteiger partial charge is 0.456 e. The summed E-state index contributed by atoms with van der Waals surface area (Å²) >= 11 is 0. The quantitative estimate of drug-likeness (QED) is 0.357. The Morgan fingerprint density at radius 3 is 1.43 bits per heavy atom. The van der Waals surface area contributed by atoms with Crippen LogP contribution in [0.3, 0.4) is 0 Å². The SMILES string of the molecule is C.C.[B]C1(C)[C-]=C2CCCN2C(C)=N1.[B]C1(C)[C-]=C2CCCN2C(C)=N1.[Y].[Y]. The molecule has 8 heteroatoms. The van der Waals surface area contributed by atoms with Crippen LogP contribution in [0.2, 0.25) is 0 Å². The molecule has 6 radical (unpaired) electrons. The number of hydrogen-bond donors (Lipinski definition) is 0. The number of rotatable bonds is 0. The fourth-order valence-electron chi connectivity index (χ4n) is 3.76. The third kappa shape index (κ3) is 7.47. The van der Waals surface area contributed by atoms with Gasteiger partial charge in [0.25, 0.3) is 0 Å². The molecule has 0 aromatic heterocycles. The molecule has 4 heterocycles. The van der Waals surface area contributed by atoms with Gasteiger partial charge < -0.3 is 31.9 Å². The van der Waals surface area contributed by atoms with Crippen molar-refractivity contribution in [3.63, 3.8) is 0 Å². The van der Waals surface area contributed by atoms with Crippen LogP contribution < -0.4 is 0 Å². The summed E-state index contributed by atoms with van der Waals surface area (Å²) in [7, 11) is 11.8. The number of nitrogens with zero attached hydrogens (tertiary/aromatic N) is 4. The number of fused-ring (bicyclic) bond motifs is 2. The molecule has 4 aliphatic heterocycles. The molecular weight excluding hydrogens is 496 g/mol. The summed E-state index contributed by atoms with van der Waals surface area (Å²) in [5.41, 5.74) is 1.26. The van der Waals surface area contributed by atoms with Gasteiger partial charge in [-0.25, -0.2) is 0 Å². The Kier molecular flexibility index (Phi) is 13.2. The van der Waals surface area contributed by atoms with Crippen LogP contribution in [-0.2, 0) is 65.4 Å². The summed E-state index contributed by atoms with van der Waals surface area (Å²) in [4.78, 5) is 13.1. The molecular formula is C20H32B2N4Y2-2. The number of allylic oxidation sites excluding steroid dienone is 2. The van der Waals surface area contributed by atoms with Crippen LogP contribution in [0.4, 0.5) is 0 Å². The van der Waals surface area contributed by atoms with Gasteiger partial charge in [0.05, 0.1) is 27.4 Å². The Balaban J connectivity index is 0. The molecule has 4 rings (SSSR count). The maximum atomic E-state index is 5.88. The van der Waals surface area contributed by atoms with E-state index in [1.54, 1.807) is 0 Å². The van der Waals surface area contributed by atoms with Crippen molar-refractivity contribution in [2.45, 2.75) is 79.1 Å². The molecule has 4 aliphatic rings. The molecule has 2 saturated heterocycles. The fourth-order valence-corrected chi connectivity index (χ4v) is 3.76. The molecule has 0 saturated carbocycles. The van der Waals surface area contributed by atoms with Gasteiger partial charge in [0.1, 0.15) is 0 Å². The van der Waals surface area contributed by atoms with E-state index >= 15 is 0 Å². The third-order valence-electron chi connectivity index (χ3n) is 4.61. The fraction of sp³-hybridized carbons (Fsp3) is 0.700. The van der Waals surface area contributed by atoms with Crippen LogP contribution >= 0.6 is 0 Å². The molecule has 2 fully saturated rings. The minimum absolute atomic E-state index is 0. The maximum absolute atomic E-state index is 5.88. The first-order valence-corrected chi connectivity index (χ1v) is 8.71. The molecule has 0 aromatic rings. The van der Waals surface area contributed by atoms with Crippen molar-refractivity contribution in [1.82, 2.24) is 9.80 Å². The Morgan fingerprint density at radius 1 is 0.786 bits per heavy atom. The van der Waals surface area contributed by atoms with Gasteiger partial charge in [0.2, 0.25) is 0 Å². The summed E-state index contributed by atoms with van der Waals surface area (Å²) in [5, 5.41) is 0. The van der Waals surface area contributed by atoms with Crippen LogP contribution in [-0.4, -0.2) is 61.1 Å². The van der Waals surface area contributed by atoms with Crippen molar-refractivity contribution in [2.24, 2.45) is 9.98 Å². The zero-order valence-corrected chi connectivity index (χ0v) is 22.0. The van der Waals surface area contributed by atoms with Crippen molar-refractivity contribution in [1.29, 1.82) is 0 Å². The van der Waals surface area contributed by atoms with Gasteiger partial charge in [0, 0.05) is 78.5 Å². The Labute approximate surface area is 226 Å². The van der Waals surface area contributed by atoms with E-state index in [0.717, 1.165) is 37.6 Å². The van der Waals surface area contributed by atoms with Gasteiger partial charge in [-0.2, -0.15) is 11.4 Å². The molecule has 146 valence electrons. The molecule has 28 heavy (non-hydrogen) atoms. The van der Waals surface area contributed by atoms with E-state index in [1.165, 1.54) is 24.2 Å². The topological polar surface area (TPSA) is 31.2 Å². The molecule has 0 N–H and O–H groups in total. The van der Waals surface area contributed by atoms with Crippen molar-refractivity contribution in [3.05, 3.63) is 23.5 Å². The second-order valence-corrected chi connectivity index (χ2v) is 7.27. The second kappa shape index (κ2) is 12.0. The van der Waals surface area contributed by atoms with Crippen molar-refractivity contribution < 1.29 is 65.4 Å². The predicted molar refractivity (Wildman–Crippen MR) is 113 cm³/mol. The van der Waals surface area contributed by atoms with Gasteiger partial charge in [-0.1, -0.05) is 28.7 Å². The summed E-state index contributed by atoms with van der Waals surface area (Å²) in [6.45, 7) is 9.95. The van der Waals surface area contributed by atoms with Gasteiger partial charge in [-0.05, 0) is 39.5 Å². The average Bonchev–Trinajstić information content (AvgIpc) is 3.05. The first-order chi connectivity index (χ1) is 11.2. The Morgan fingerprint density at radius 2 is 1.11 bits per heavy atom. The minimum atomic E-state index is -0.597. The van der Waals surface area contributed by atoms with Gasteiger partial charge in [0.15, 0.2) is 0 Å². The molecule has 2 unspecified atom stereocenters. The Bertz CT molecular complexity index is 599. The van der Waals surface area contributed by atoms with Crippen molar-refractivity contribution >= 4 is 27.4 Å². The second-order valence-electron chi connectivity index (χ2n) is 7.27. The first kappa shape index (κ1) is 30.9. The predicted octanol–water partition coefficient (Wildman–Crippen LogP) is 3.44. The van der Waals surface area contributed by atoms with Crippen molar-refractivity contribution in [2.75, 3.05) is 13.1 Å². The summed E-state index contributed by atoms with van der Waals surface area (Å²) in [6.07, 6.45) is 11.0. The van der Waals surface area contributed by atoms with Crippen LogP contribution in [0.1, 0.15) is 68.2 Å². The third-order valence-corrected chi connectivity index (χ3v) is 4.61. The van der Waals surface area contributed by atoms with Gasteiger partial charge in [-0.15, -0.1) is 10.9 Å². The van der Waals surface area contributed by atoms with Crippen LogP contribution in [0.25, 0.3) is 0 Å². The zero-order chi connectivity index (χ0) is 17.5. The molecule has 0 aromatic carbocycles. The van der Waals surface area contributed by atoms with Crippen molar-refractivity contribution in [3.8, 4) is 0 Å². The van der Waals surface area contributed by atoms with Crippen LogP contribution in [0, 0.1) is 12.2 Å². The normalized spacial score (nSPS) is 29.4. The smallest absolute Gasteiger partial charge is 0.0944 e. The minimum Gasteiger partial charge on any atom is -0.456 e. The number of hydrogen-bond acceptors (Lipinski definition) is 4. The molecule has 0 bridgehead atoms. The Hall–Kier alpha value is 0.758. The summed E-state index contributed by atoms with van der Waals surface area (Å²) in [6, 6.07) is 0. The molecule has 2 atom stereocenters. The van der Waals surface area contributed by atoms with Gasteiger partial charge in [-0.3, -0.25) is 0 Å². The first-order valence-electron chi connectivity index (χ1n) is 8.71. The van der Waals surface area contributed by atoms with E-state index in [-0.39, 0.29) is 80.3 Å². The van der Waals surface area contributed by atoms with Crippen LogP contribution in [0.15, 0.2) is 21.4 Å². The van der Waals surface area contributed by atoms with Gasteiger partial charge >= 0.3 is 0 Å². The summed E-state index contributed by atoms with van der Waals surface area (Å²) < 4.78 is 0. The number of amidine groups is 2. The number of aliphatic imine (C=N–C) groups is 2. The molecule has 0 amide bonds. The standard InChI is InChI=1S/2C9H12BN2.2CH4.2Y/c2*1-7-11-9(2,10)6-8-4-3-5-12(7)8;;;;/h2*3-5H2,1-2H3;2*1H4;;/q2*-1;;;;. The van der Waals surface area contributed by atoms with E-state index < -0.39 is 10.9 Å². The maximum Gasteiger partial charge on any atom is 0.0944 e. The van der Waals surface area contributed by atoms with Crippen LogP contribution in [0.5, 0.6) is 0 Å². The van der Waals surface area contributed by atoms with E-state index in [0.29, 0.717) is 0 Å². The average molecular weight is 528 g/mol. The molecule has 4 nitrogen and oxygen atoms in total. The van der Waals surface area contributed by atoms with E-state index in [1.807, 2.05) is 27.7 Å². The zero-order valence-electron chi connectivity index (χ0n) is 16.3. The van der Waals surface area contributed by atoms with E-state index in [9.17, 15) is 0 Å². The summed E-state index contributed by atoms with van der Waals surface area (Å²) in [5.74, 6) is 2.07. The van der Waals surface area contributed by atoms with E-state index in [2.05, 4.69) is 31.9 Å². The monoisotopic (exact) mass is 528 g/mol.